The lowest BCUT2D eigenvalue weighted by molar-refractivity contribution is -0.150. The fourth-order valence-electron chi connectivity index (χ4n) is 4.73. The molecule has 0 bridgehead atoms. The minimum Gasteiger partial charge on any atom is -0.493 e. The molecule has 1 amide bonds. The number of alkyl halides is 3. The van der Waals surface area contributed by atoms with E-state index in [-0.39, 0.29) is 47.4 Å². The highest BCUT2D eigenvalue weighted by Gasteiger charge is 2.43. The van der Waals surface area contributed by atoms with Gasteiger partial charge in [-0.3, -0.25) is 14.6 Å². The van der Waals surface area contributed by atoms with Gasteiger partial charge >= 0.3 is 12.1 Å². The summed E-state index contributed by atoms with van der Waals surface area (Å²) in [6.45, 7) is 5.21. The Hall–Kier alpha value is -4.19. The number of nitrogens with one attached hydrogen (secondary N) is 2. The van der Waals surface area contributed by atoms with E-state index in [0.29, 0.717) is 11.1 Å². The zero-order chi connectivity index (χ0) is 32.1. The predicted molar refractivity (Wildman–Crippen MR) is 155 cm³/mol. The van der Waals surface area contributed by atoms with E-state index in [9.17, 15) is 27.2 Å². The molecule has 1 unspecified atom stereocenters. The predicted octanol–water partition coefficient (Wildman–Crippen LogP) is 5.90. The number of hydrogen-bond donors (Lipinski definition) is 2. The SMILES string of the molecule is CCC(=O)O[C@H](C)COc1ccc(C(=O)NCC(c2cc([C@]3(C)CCN3)cc(-c3ccc(F)cc3)n2)C(F)(F)F)cc1OC. The van der Waals surface area contributed by atoms with Crippen LogP contribution in [0.5, 0.6) is 11.5 Å². The summed E-state index contributed by atoms with van der Waals surface area (Å²) in [5, 5.41) is 5.65. The molecular weight excluding hydrogens is 582 g/mol. The Morgan fingerprint density at radius 3 is 2.39 bits per heavy atom. The molecule has 12 heteroatoms. The van der Waals surface area contributed by atoms with Crippen LogP contribution in [0, 0.1) is 5.82 Å². The molecule has 3 atom stereocenters. The van der Waals surface area contributed by atoms with Gasteiger partial charge in [-0.15, -0.1) is 0 Å². The van der Waals surface area contributed by atoms with Crippen molar-refractivity contribution in [3.05, 3.63) is 77.2 Å². The molecule has 8 nitrogen and oxygen atoms in total. The first-order valence-electron chi connectivity index (χ1n) is 14.2. The summed E-state index contributed by atoms with van der Waals surface area (Å²) in [7, 11) is 1.36. The van der Waals surface area contributed by atoms with E-state index < -0.39 is 42.0 Å². The van der Waals surface area contributed by atoms with Crippen molar-refractivity contribution in [3.63, 3.8) is 0 Å². The number of methoxy groups -OCH3 is 1. The van der Waals surface area contributed by atoms with Crippen molar-refractivity contribution in [1.29, 1.82) is 0 Å². The number of hydrogen-bond acceptors (Lipinski definition) is 7. The van der Waals surface area contributed by atoms with E-state index in [0.717, 1.165) is 13.0 Å². The Morgan fingerprint density at radius 1 is 1.09 bits per heavy atom. The minimum atomic E-state index is -4.74. The van der Waals surface area contributed by atoms with Gasteiger partial charge in [-0.25, -0.2) is 4.39 Å². The molecule has 44 heavy (non-hydrogen) atoms. The third-order valence-electron chi connectivity index (χ3n) is 7.50. The van der Waals surface area contributed by atoms with Crippen molar-refractivity contribution < 1.29 is 41.4 Å². The lowest BCUT2D eigenvalue weighted by atomic mass is 9.81. The molecule has 4 rings (SSSR count). The van der Waals surface area contributed by atoms with Crippen molar-refractivity contribution in [1.82, 2.24) is 15.6 Å². The van der Waals surface area contributed by atoms with Crippen molar-refractivity contribution in [2.45, 2.75) is 57.3 Å². The normalized spacial score (nSPS) is 17.6. The number of amides is 1. The molecule has 0 saturated carbocycles. The van der Waals surface area contributed by atoms with Crippen LogP contribution in [0.4, 0.5) is 17.6 Å². The van der Waals surface area contributed by atoms with Gasteiger partial charge in [-0.2, -0.15) is 13.2 Å². The average Bonchev–Trinajstić information content (AvgIpc) is 2.98. The van der Waals surface area contributed by atoms with E-state index >= 15 is 0 Å². The van der Waals surface area contributed by atoms with E-state index in [4.69, 9.17) is 14.2 Å². The number of rotatable bonds is 12. The first-order chi connectivity index (χ1) is 20.8. The number of carbonyl (C=O) groups excluding carboxylic acids is 2. The first kappa shape index (κ1) is 32.7. The molecule has 1 fully saturated rings. The molecule has 1 aromatic heterocycles. The van der Waals surface area contributed by atoms with Crippen LogP contribution in [0.25, 0.3) is 11.3 Å². The number of benzene rings is 2. The maximum absolute atomic E-state index is 14.5. The molecule has 1 aliphatic heterocycles. The van der Waals surface area contributed by atoms with Gasteiger partial charge in [0.15, 0.2) is 11.5 Å². The maximum atomic E-state index is 14.5. The van der Waals surface area contributed by atoms with Crippen LogP contribution in [0.3, 0.4) is 0 Å². The lowest BCUT2D eigenvalue weighted by Gasteiger charge is -2.41. The van der Waals surface area contributed by atoms with Crippen LogP contribution in [-0.4, -0.2) is 55.9 Å². The Bertz CT molecular complexity index is 1480. The molecule has 0 spiro atoms. The zero-order valence-corrected chi connectivity index (χ0v) is 24.9. The molecule has 2 aromatic carbocycles. The highest BCUT2D eigenvalue weighted by atomic mass is 19.4. The number of halogens is 4. The first-order valence-corrected chi connectivity index (χ1v) is 14.2. The molecule has 236 valence electrons. The van der Waals surface area contributed by atoms with Crippen molar-refractivity contribution >= 4 is 11.9 Å². The van der Waals surface area contributed by atoms with Crippen LogP contribution in [-0.2, 0) is 15.1 Å². The lowest BCUT2D eigenvalue weighted by Crippen LogP contribution is -2.51. The van der Waals surface area contributed by atoms with Crippen LogP contribution in [0.15, 0.2) is 54.6 Å². The van der Waals surface area contributed by atoms with Crippen molar-refractivity contribution in [2.24, 2.45) is 0 Å². The summed E-state index contributed by atoms with van der Waals surface area (Å²) in [5.74, 6) is -3.28. The smallest absolute Gasteiger partial charge is 0.398 e. The van der Waals surface area contributed by atoms with Gasteiger partial charge in [-0.1, -0.05) is 6.92 Å². The summed E-state index contributed by atoms with van der Waals surface area (Å²) >= 11 is 0. The van der Waals surface area contributed by atoms with Gasteiger partial charge < -0.3 is 24.8 Å². The summed E-state index contributed by atoms with van der Waals surface area (Å²) in [6, 6.07) is 12.7. The number of esters is 1. The van der Waals surface area contributed by atoms with Gasteiger partial charge in [0.2, 0.25) is 0 Å². The summed E-state index contributed by atoms with van der Waals surface area (Å²) in [6.07, 6.45) is -4.33. The van der Waals surface area contributed by atoms with Crippen LogP contribution in [0.2, 0.25) is 0 Å². The van der Waals surface area contributed by atoms with E-state index in [1.807, 2.05) is 6.92 Å². The Kier molecular flexibility index (Phi) is 10.1. The highest BCUT2D eigenvalue weighted by Crippen LogP contribution is 2.39. The van der Waals surface area contributed by atoms with Crippen LogP contribution >= 0.6 is 0 Å². The molecule has 3 aromatic rings. The second kappa shape index (κ2) is 13.6. The summed E-state index contributed by atoms with van der Waals surface area (Å²) in [4.78, 5) is 28.8. The van der Waals surface area contributed by atoms with E-state index in [2.05, 4.69) is 15.6 Å². The quantitative estimate of drug-likeness (QED) is 0.193. The Balaban J connectivity index is 1.55. The topological polar surface area (TPSA) is 98.8 Å². The minimum absolute atomic E-state index is 0.0292. The second-order valence-corrected chi connectivity index (χ2v) is 10.8. The molecule has 1 aliphatic rings. The highest BCUT2D eigenvalue weighted by molar-refractivity contribution is 5.95. The van der Waals surface area contributed by atoms with Crippen LogP contribution in [0.1, 0.15) is 61.1 Å². The fourth-order valence-corrected chi connectivity index (χ4v) is 4.73. The van der Waals surface area contributed by atoms with Crippen molar-refractivity contribution in [2.75, 3.05) is 26.8 Å². The summed E-state index contributed by atoms with van der Waals surface area (Å²) < 4.78 is 73.1. The van der Waals surface area contributed by atoms with Gasteiger partial charge in [0.25, 0.3) is 5.91 Å². The molecule has 0 radical (unpaired) electrons. The largest absolute Gasteiger partial charge is 0.493 e. The standard InChI is InChI=1S/C32H35F4N3O5/c1-5-29(40)44-19(2)18-43-27-11-8-21(14-28(27)42-4)30(41)37-17-24(32(34,35)36)26-16-22(31(3)12-13-38-31)15-25(39-26)20-6-9-23(33)10-7-20/h6-11,14-16,19,24,38H,5,12-13,17-18H2,1-4H3,(H,37,41)/t19-,24?,31+/m1/s1. The Morgan fingerprint density at radius 2 is 1.80 bits per heavy atom. The monoisotopic (exact) mass is 617 g/mol. The van der Waals surface area contributed by atoms with Gasteiger partial charge in [0.05, 0.1) is 18.5 Å². The summed E-state index contributed by atoms with van der Waals surface area (Å²) in [5.41, 5.74) is 0.612. The van der Waals surface area contributed by atoms with Gasteiger partial charge in [0.1, 0.15) is 24.4 Å². The third-order valence-corrected chi connectivity index (χ3v) is 7.50. The zero-order valence-electron chi connectivity index (χ0n) is 24.9. The van der Waals surface area contributed by atoms with E-state index in [1.54, 1.807) is 19.9 Å². The third kappa shape index (κ3) is 7.85. The number of ether oxygens (including phenoxy) is 3. The number of carbonyl (C=O) groups is 2. The number of nitrogens with zero attached hydrogens (tertiary/aromatic N) is 1. The molecule has 2 heterocycles. The molecular formula is C32H35F4N3O5. The van der Waals surface area contributed by atoms with Gasteiger partial charge in [-0.05, 0) is 87.0 Å². The Labute approximate surface area is 253 Å². The van der Waals surface area contributed by atoms with Gasteiger partial charge in [0, 0.05) is 29.6 Å². The second-order valence-electron chi connectivity index (χ2n) is 10.8. The molecule has 2 N–H and O–H groups in total. The van der Waals surface area contributed by atoms with Crippen molar-refractivity contribution in [3.8, 4) is 22.8 Å². The number of pyridine rings is 1. The number of aromatic nitrogens is 1. The molecule has 1 saturated heterocycles. The van der Waals surface area contributed by atoms with E-state index in [1.165, 1.54) is 55.6 Å². The fraction of sp³-hybridized carbons (Fsp3) is 0.406. The molecule has 0 aliphatic carbocycles. The maximum Gasteiger partial charge on any atom is 0.398 e. The average molecular weight is 618 g/mol. The van der Waals surface area contributed by atoms with Crippen LogP contribution < -0.4 is 20.1 Å².